The quantitative estimate of drug-likeness (QED) is 0.720. The topological polar surface area (TPSA) is 76.5 Å². The molecule has 3 aromatic rings. The molecule has 134 valence electrons. The van der Waals surface area contributed by atoms with Gasteiger partial charge in [-0.15, -0.1) is 0 Å². The van der Waals surface area contributed by atoms with Crippen LogP contribution in [0.3, 0.4) is 0 Å². The molecule has 0 unspecified atom stereocenters. The van der Waals surface area contributed by atoms with Gasteiger partial charge in [-0.05, 0) is 36.4 Å². The van der Waals surface area contributed by atoms with Gasteiger partial charge in [0.2, 0.25) is 11.6 Å². The van der Waals surface area contributed by atoms with Crippen molar-refractivity contribution in [1.82, 2.24) is 9.97 Å². The highest BCUT2D eigenvalue weighted by molar-refractivity contribution is 6.11. The summed E-state index contributed by atoms with van der Waals surface area (Å²) < 4.78 is 18.3. The number of aromatic nitrogens is 2. The number of hydrogen-bond acceptors (Lipinski definition) is 6. The lowest BCUT2D eigenvalue weighted by Gasteiger charge is -2.09. The van der Waals surface area contributed by atoms with Crippen molar-refractivity contribution < 1.29 is 13.9 Å². The molecule has 1 N–H and O–H groups in total. The molecule has 27 heavy (non-hydrogen) atoms. The van der Waals surface area contributed by atoms with Crippen LogP contribution in [0.5, 0.6) is 0 Å². The molecule has 1 aromatic heterocycles. The van der Waals surface area contributed by atoms with Gasteiger partial charge in [0, 0.05) is 17.0 Å². The number of methoxy groups -OCH3 is 1. The first kappa shape index (κ1) is 16.8. The zero-order valence-electron chi connectivity index (χ0n) is 14.4. The highest BCUT2D eigenvalue weighted by Crippen LogP contribution is 2.22. The fourth-order valence-electron chi connectivity index (χ4n) is 2.73. The summed E-state index contributed by atoms with van der Waals surface area (Å²) in [5, 5.41) is 3.89. The van der Waals surface area contributed by atoms with Crippen LogP contribution in [0.25, 0.3) is 10.9 Å². The molecule has 2 aromatic carbocycles. The smallest absolute Gasteiger partial charge is 0.230 e. The van der Waals surface area contributed by atoms with Crippen LogP contribution in [0.15, 0.2) is 65.4 Å². The average Bonchev–Trinajstić information content (AvgIpc) is 3.15. The molecule has 0 atom stereocenters. The van der Waals surface area contributed by atoms with E-state index in [0.717, 1.165) is 11.1 Å². The first-order valence-corrected chi connectivity index (χ1v) is 8.27. The first-order chi connectivity index (χ1) is 13.1. The van der Waals surface area contributed by atoms with Gasteiger partial charge in [0.1, 0.15) is 23.2 Å². The molecule has 2 heterocycles. The van der Waals surface area contributed by atoms with Gasteiger partial charge in [0.05, 0.1) is 19.2 Å². The number of anilines is 1. The van der Waals surface area contributed by atoms with E-state index in [0.29, 0.717) is 29.3 Å². The van der Waals surface area contributed by atoms with E-state index >= 15 is 0 Å². The van der Waals surface area contributed by atoms with Crippen molar-refractivity contribution >= 4 is 28.3 Å². The molecule has 6 nitrogen and oxygen atoms in total. The lowest BCUT2D eigenvalue weighted by molar-refractivity contribution is 0.103. The number of fused-ring (bicyclic) bond motifs is 1. The lowest BCUT2D eigenvalue weighted by atomic mass is 10.1. The standard InChI is InChI=1S/C20H15FN4O2/c1-27-14-10-17(22-11-14)24-19-15-4-2-3-5-16(15)23-20(25-19)18(26)12-6-8-13(21)9-7-12/h2-10H,11H2,1H3,(H,22,23,24,25). The third kappa shape index (κ3) is 3.39. The molecule has 0 fully saturated rings. The summed E-state index contributed by atoms with van der Waals surface area (Å²) in [5.74, 6) is 1.03. The van der Waals surface area contributed by atoms with Crippen molar-refractivity contribution in [3.05, 3.63) is 77.6 Å². The monoisotopic (exact) mass is 362 g/mol. The number of aliphatic imine (C=N–C) groups is 1. The maximum atomic E-state index is 13.1. The predicted molar refractivity (Wildman–Crippen MR) is 100 cm³/mol. The van der Waals surface area contributed by atoms with Gasteiger partial charge in [-0.1, -0.05) is 12.1 Å². The van der Waals surface area contributed by atoms with E-state index in [4.69, 9.17) is 4.74 Å². The van der Waals surface area contributed by atoms with Crippen molar-refractivity contribution in [2.24, 2.45) is 4.99 Å². The number of rotatable bonds is 4. The second-order valence-electron chi connectivity index (χ2n) is 5.89. The Hall–Kier alpha value is -3.61. The molecule has 0 saturated heterocycles. The van der Waals surface area contributed by atoms with Gasteiger partial charge < -0.3 is 10.1 Å². The molecule has 4 rings (SSSR count). The molecular formula is C20H15FN4O2. The number of ether oxygens (including phenoxy) is 1. The normalized spacial score (nSPS) is 13.3. The summed E-state index contributed by atoms with van der Waals surface area (Å²) in [6.45, 7) is 0.448. The molecule has 0 saturated carbocycles. The van der Waals surface area contributed by atoms with E-state index in [1.165, 1.54) is 24.3 Å². The summed E-state index contributed by atoms with van der Waals surface area (Å²) in [6, 6.07) is 12.7. The number of ketones is 1. The van der Waals surface area contributed by atoms with Crippen LogP contribution < -0.4 is 5.32 Å². The number of nitrogens with one attached hydrogen (secondary N) is 1. The van der Waals surface area contributed by atoms with Crippen molar-refractivity contribution in [1.29, 1.82) is 0 Å². The van der Waals surface area contributed by atoms with E-state index < -0.39 is 5.82 Å². The number of nitrogens with zero attached hydrogens (tertiary/aromatic N) is 3. The Morgan fingerprint density at radius 3 is 2.63 bits per heavy atom. The molecule has 1 aliphatic rings. The number of halogens is 1. The van der Waals surface area contributed by atoms with Gasteiger partial charge in [-0.25, -0.2) is 14.4 Å². The summed E-state index contributed by atoms with van der Waals surface area (Å²) in [6.07, 6.45) is 1.78. The van der Waals surface area contributed by atoms with Crippen molar-refractivity contribution in [2.45, 2.75) is 0 Å². The van der Waals surface area contributed by atoms with Crippen molar-refractivity contribution in [3.8, 4) is 0 Å². The number of hydrogen-bond donors (Lipinski definition) is 1. The largest absolute Gasteiger partial charge is 0.499 e. The molecule has 0 aliphatic carbocycles. The van der Waals surface area contributed by atoms with Gasteiger partial charge in [0.25, 0.3) is 0 Å². The Morgan fingerprint density at radius 2 is 1.89 bits per heavy atom. The zero-order chi connectivity index (χ0) is 18.8. The molecular weight excluding hydrogens is 347 g/mol. The summed E-state index contributed by atoms with van der Waals surface area (Å²) >= 11 is 0. The van der Waals surface area contributed by atoms with Crippen LogP contribution in [0, 0.1) is 5.82 Å². The highest BCUT2D eigenvalue weighted by Gasteiger charge is 2.17. The van der Waals surface area contributed by atoms with E-state index in [9.17, 15) is 9.18 Å². The molecule has 1 aliphatic heterocycles. The molecule has 0 spiro atoms. The second kappa shape index (κ2) is 6.95. The number of carbonyl (C=O) groups excluding carboxylic acids is 1. The average molecular weight is 362 g/mol. The Labute approximate surface area is 154 Å². The van der Waals surface area contributed by atoms with Crippen molar-refractivity contribution in [2.75, 3.05) is 19.0 Å². The van der Waals surface area contributed by atoms with E-state index in [1.54, 1.807) is 19.3 Å². The summed E-state index contributed by atoms with van der Waals surface area (Å²) in [7, 11) is 1.59. The molecule has 7 heteroatoms. The Kier molecular flexibility index (Phi) is 4.33. The van der Waals surface area contributed by atoms with Gasteiger partial charge in [-0.2, -0.15) is 0 Å². The summed E-state index contributed by atoms with van der Waals surface area (Å²) in [5.41, 5.74) is 0.937. The minimum Gasteiger partial charge on any atom is -0.499 e. The minimum absolute atomic E-state index is 0.0253. The van der Waals surface area contributed by atoms with E-state index in [-0.39, 0.29) is 11.6 Å². The summed E-state index contributed by atoms with van der Waals surface area (Å²) in [4.78, 5) is 25.8. The number of para-hydroxylation sites is 1. The zero-order valence-corrected chi connectivity index (χ0v) is 14.4. The number of amidine groups is 1. The van der Waals surface area contributed by atoms with Crippen LogP contribution >= 0.6 is 0 Å². The lowest BCUT2D eigenvalue weighted by Crippen LogP contribution is -2.14. The van der Waals surface area contributed by atoms with Crippen LogP contribution in [0.4, 0.5) is 10.2 Å². The number of carbonyl (C=O) groups is 1. The fraction of sp³-hybridized carbons (Fsp3) is 0.100. The van der Waals surface area contributed by atoms with Gasteiger partial charge in [-0.3, -0.25) is 9.79 Å². The van der Waals surface area contributed by atoms with Crippen molar-refractivity contribution in [3.63, 3.8) is 0 Å². The number of benzene rings is 2. The highest BCUT2D eigenvalue weighted by atomic mass is 19.1. The Morgan fingerprint density at radius 1 is 1.11 bits per heavy atom. The van der Waals surface area contributed by atoms with Gasteiger partial charge in [0.15, 0.2) is 0 Å². The Bertz CT molecular complexity index is 1090. The van der Waals surface area contributed by atoms with Crippen LogP contribution in [-0.4, -0.2) is 35.2 Å². The van der Waals surface area contributed by atoms with E-state index in [1.807, 2.05) is 18.2 Å². The van der Waals surface area contributed by atoms with E-state index in [2.05, 4.69) is 20.3 Å². The van der Waals surface area contributed by atoms with Crippen LogP contribution in [0.1, 0.15) is 16.2 Å². The molecule has 0 bridgehead atoms. The van der Waals surface area contributed by atoms with Gasteiger partial charge >= 0.3 is 0 Å². The predicted octanol–water partition coefficient (Wildman–Crippen LogP) is 3.35. The Balaban J connectivity index is 1.75. The second-order valence-corrected chi connectivity index (χ2v) is 5.89. The third-order valence-electron chi connectivity index (χ3n) is 4.12. The fourth-order valence-corrected chi connectivity index (χ4v) is 2.73. The molecule has 0 amide bonds. The molecule has 0 radical (unpaired) electrons. The maximum Gasteiger partial charge on any atom is 0.230 e. The first-order valence-electron chi connectivity index (χ1n) is 8.27. The maximum absolute atomic E-state index is 13.1. The minimum atomic E-state index is -0.409. The van der Waals surface area contributed by atoms with Crippen LogP contribution in [0.2, 0.25) is 0 Å². The van der Waals surface area contributed by atoms with Crippen LogP contribution in [-0.2, 0) is 4.74 Å². The SMILES string of the molecule is COC1=CC(Nc2nc(C(=O)c3ccc(F)cc3)nc3ccccc23)=NC1. The third-order valence-corrected chi connectivity index (χ3v) is 4.12.